The fourth-order valence-corrected chi connectivity index (χ4v) is 5.26. The molecular weight excluding hydrogens is 411 g/mol. The molecule has 5 nitrogen and oxygen atoms in total. The molecule has 2 aromatic carbocycles. The van der Waals surface area contributed by atoms with Crippen molar-refractivity contribution in [1.82, 2.24) is 9.97 Å². The molecule has 0 bridgehead atoms. The summed E-state index contributed by atoms with van der Waals surface area (Å²) in [5.74, 6) is -0.177. The van der Waals surface area contributed by atoms with Gasteiger partial charge in [-0.15, -0.1) is 11.3 Å². The number of H-pyrrole nitrogens is 1. The number of hydrogen-bond donors (Lipinski definition) is 1. The topological polar surface area (TPSA) is 79.9 Å². The van der Waals surface area contributed by atoms with Gasteiger partial charge >= 0.3 is 0 Å². The average molecular weight is 429 g/mol. The van der Waals surface area contributed by atoms with E-state index in [0.29, 0.717) is 21.6 Å². The number of sulfone groups is 1. The Balaban J connectivity index is 1.62. The molecule has 1 N–H and O–H groups in total. The van der Waals surface area contributed by atoms with E-state index in [2.05, 4.69) is 9.97 Å². The zero-order valence-electron chi connectivity index (χ0n) is 15.5. The minimum Gasteiger partial charge on any atom is -0.310 e. The fraction of sp³-hybridized carbons (Fsp3) is 0.143. The fourth-order valence-electron chi connectivity index (χ4n) is 3.05. The lowest BCUT2D eigenvalue weighted by Gasteiger charge is -2.05. The van der Waals surface area contributed by atoms with E-state index in [-0.39, 0.29) is 28.4 Å². The number of rotatable bonds is 5. The third-order valence-corrected chi connectivity index (χ3v) is 7.24. The van der Waals surface area contributed by atoms with Crippen molar-refractivity contribution in [3.8, 4) is 11.1 Å². The average Bonchev–Trinajstić information content (AvgIpc) is 3.12. The lowest BCUT2D eigenvalue weighted by atomic mass is 10.1. The number of aromatic nitrogens is 2. The quantitative estimate of drug-likeness (QED) is 0.519. The van der Waals surface area contributed by atoms with Gasteiger partial charge in [-0.1, -0.05) is 29.8 Å². The number of fused-ring (bicyclic) bond motifs is 1. The number of aromatic amines is 1. The Bertz CT molecular complexity index is 1340. The highest BCUT2D eigenvalue weighted by Gasteiger charge is 2.17. The number of benzene rings is 2. The molecule has 0 aliphatic rings. The molecule has 4 aromatic rings. The van der Waals surface area contributed by atoms with E-state index < -0.39 is 9.84 Å². The summed E-state index contributed by atoms with van der Waals surface area (Å²) in [7, 11) is -3.48. The smallest absolute Gasteiger partial charge is 0.260 e. The normalized spacial score (nSPS) is 11.8. The molecule has 0 saturated carbocycles. The van der Waals surface area contributed by atoms with Crippen LogP contribution in [0, 0.1) is 12.7 Å². The number of aryl methyl sites for hydroxylation is 2. The predicted octanol–water partition coefficient (Wildman–Crippen LogP) is 4.12. The van der Waals surface area contributed by atoms with Crippen molar-refractivity contribution in [1.29, 1.82) is 0 Å². The van der Waals surface area contributed by atoms with E-state index >= 15 is 0 Å². The van der Waals surface area contributed by atoms with Gasteiger partial charge in [0.15, 0.2) is 9.84 Å². The summed E-state index contributed by atoms with van der Waals surface area (Å²) in [6.07, 6.45) is 0.102. The molecule has 0 aliphatic carbocycles. The van der Waals surface area contributed by atoms with E-state index in [0.717, 1.165) is 11.1 Å². The lowest BCUT2D eigenvalue weighted by Crippen LogP contribution is -2.15. The summed E-state index contributed by atoms with van der Waals surface area (Å²) >= 11 is 1.30. The van der Waals surface area contributed by atoms with Crippen molar-refractivity contribution >= 4 is 31.4 Å². The molecular formula is C21H17FN2O3S2. The minimum atomic E-state index is -3.48. The van der Waals surface area contributed by atoms with Crippen LogP contribution in [0.5, 0.6) is 0 Å². The molecule has 0 fully saturated rings. The Labute approximate surface area is 170 Å². The van der Waals surface area contributed by atoms with Gasteiger partial charge < -0.3 is 4.98 Å². The van der Waals surface area contributed by atoms with Crippen molar-refractivity contribution in [3.05, 3.63) is 81.5 Å². The maximum absolute atomic E-state index is 13.2. The van der Waals surface area contributed by atoms with E-state index in [4.69, 9.17) is 0 Å². The Hall–Kier alpha value is -2.84. The summed E-state index contributed by atoms with van der Waals surface area (Å²) in [6, 6.07) is 12.6. The molecule has 148 valence electrons. The highest BCUT2D eigenvalue weighted by molar-refractivity contribution is 7.91. The first kappa shape index (κ1) is 19.5. The summed E-state index contributed by atoms with van der Waals surface area (Å²) < 4.78 is 38.2. The molecule has 0 atom stereocenters. The number of nitrogens with zero attached hydrogens (tertiary/aromatic N) is 1. The molecule has 2 heterocycles. The molecule has 0 spiro atoms. The van der Waals surface area contributed by atoms with Crippen LogP contribution in [0.2, 0.25) is 0 Å². The monoisotopic (exact) mass is 428 g/mol. The molecule has 0 radical (unpaired) electrons. The number of hydrogen-bond acceptors (Lipinski definition) is 5. The van der Waals surface area contributed by atoms with Gasteiger partial charge in [-0.2, -0.15) is 0 Å². The van der Waals surface area contributed by atoms with E-state index in [1.807, 2.05) is 6.92 Å². The molecule has 29 heavy (non-hydrogen) atoms. The van der Waals surface area contributed by atoms with E-state index in [9.17, 15) is 17.6 Å². The molecule has 0 amide bonds. The third kappa shape index (κ3) is 3.99. The molecule has 0 unspecified atom stereocenters. The zero-order chi connectivity index (χ0) is 20.6. The number of nitrogens with one attached hydrogen (secondary N) is 1. The SMILES string of the molecule is Cc1ccc(S(=O)(=O)CCc2nc3scc(-c4ccc(F)cc4)c3c(=O)[nH]2)cc1. The van der Waals surface area contributed by atoms with Crippen molar-refractivity contribution in [2.75, 3.05) is 5.75 Å². The Morgan fingerprint density at radius 1 is 1.07 bits per heavy atom. The Kier molecular flexibility index (Phi) is 5.06. The van der Waals surface area contributed by atoms with Crippen molar-refractivity contribution in [2.45, 2.75) is 18.2 Å². The second kappa shape index (κ2) is 7.53. The molecule has 8 heteroatoms. The highest BCUT2D eigenvalue weighted by Crippen LogP contribution is 2.30. The van der Waals surface area contributed by atoms with Crippen molar-refractivity contribution in [2.24, 2.45) is 0 Å². The molecule has 0 aliphatic heterocycles. The van der Waals surface area contributed by atoms with Crippen LogP contribution in [0.3, 0.4) is 0 Å². The minimum absolute atomic E-state index is 0.102. The van der Waals surface area contributed by atoms with Gasteiger partial charge in [-0.05, 0) is 36.8 Å². The highest BCUT2D eigenvalue weighted by atomic mass is 32.2. The van der Waals surface area contributed by atoms with Gasteiger partial charge in [-0.3, -0.25) is 4.79 Å². The summed E-state index contributed by atoms with van der Waals surface area (Å²) in [4.78, 5) is 20.5. The summed E-state index contributed by atoms with van der Waals surface area (Å²) in [6.45, 7) is 1.89. The zero-order valence-corrected chi connectivity index (χ0v) is 17.1. The Morgan fingerprint density at radius 2 is 1.76 bits per heavy atom. The van der Waals surface area contributed by atoms with Crippen LogP contribution < -0.4 is 5.56 Å². The van der Waals surface area contributed by atoms with Crippen LogP contribution in [0.1, 0.15) is 11.4 Å². The molecule has 0 saturated heterocycles. The molecule has 4 rings (SSSR count). The lowest BCUT2D eigenvalue weighted by molar-refractivity contribution is 0.594. The van der Waals surface area contributed by atoms with Gasteiger partial charge in [0.2, 0.25) is 0 Å². The largest absolute Gasteiger partial charge is 0.310 e. The second-order valence-electron chi connectivity index (χ2n) is 6.73. The van der Waals surface area contributed by atoms with Crippen LogP contribution in [-0.4, -0.2) is 24.1 Å². The number of halogens is 1. The number of thiophene rings is 1. The van der Waals surface area contributed by atoms with Crippen molar-refractivity contribution < 1.29 is 12.8 Å². The van der Waals surface area contributed by atoms with Gasteiger partial charge in [-0.25, -0.2) is 17.8 Å². The maximum Gasteiger partial charge on any atom is 0.260 e. The first-order chi connectivity index (χ1) is 13.8. The van der Waals surface area contributed by atoms with Crippen LogP contribution in [-0.2, 0) is 16.3 Å². The van der Waals surface area contributed by atoms with Crippen LogP contribution in [0.4, 0.5) is 4.39 Å². The third-order valence-electron chi connectivity index (χ3n) is 4.64. The van der Waals surface area contributed by atoms with Crippen LogP contribution in [0.25, 0.3) is 21.3 Å². The van der Waals surface area contributed by atoms with Gasteiger partial charge in [0.05, 0.1) is 16.0 Å². The van der Waals surface area contributed by atoms with E-state index in [1.165, 1.54) is 23.5 Å². The second-order valence-corrected chi connectivity index (χ2v) is 9.70. The summed E-state index contributed by atoms with van der Waals surface area (Å²) in [5, 5.41) is 2.22. The van der Waals surface area contributed by atoms with E-state index in [1.54, 1.807) is 41.8 Å². The van der Waals surface area contributed by atoms with Gasteiger partial charge in [0.25, 0.3) is 5.56 Å². The first-order valence-electron chi connectivity index (χ1n) is 8.89. The summed E-state index contributed by atoms with van der Waals surface area (Å²) in [5.41, 5.74) is 2.05. The first-order valence-corrected chi connectivity index (χ1v) is 11.4. The van der Waals surface area contributed by atoms with Gasteiger partial charge in [0, 0.05) is 17.4 Å². The van der Waals surface area contributed by atoms with Crippen LogP contribution >= 0.6 is 11.3 Å². The maximum atomic E-state index is 13.2. The van der Waals surface area contributed by atoms with Crippen molar-refractivity contribution in [3.63, 3.8) is 0 Å². The van der Waals surface area contributed by atoms with Crippen LogP contribution in [0.15, 0.2) is 63.6 Å². The molecule has 2 aromatic heterocycles. The standard InChI is InChI=1S/C21H17FN2O3S2/c1-13-2-8-16(9-3-13)29(26,27)11-10-18-23-20(25)19-17(12-28-21(19)24-18)14-4-6-15(22)7-5-14/h2-9,12H,10-11H2,1H3,(H,23,24,25). The van der Waals surface area contributed by atoms with Gasteiger partial charge in [0.1, 0.15) is 16.5 Å². The predicted molar refractivity (Wildman–Crippen MR) is 113 cm³/mol. The Morgan fingerprint density at radius 3 is 2.45 bits per heavy atom.